The lowest BCUT2D eigenvalue weighted by atomic mass is 10.1. The molecule has 0 unspecified atom stereocenters. The fraction of sp³-hybridized carbons (Fsp3) is 0.250. The van der Waals surface area contributed by atoms with Gasteiger partial charge in [0.05, 0.1) is 5.56 Å². The van der Waals surface area contributed by atoms with Gasteiger partial charge in [0.2, 0.25) is 0 Å². The second kappa shape index (κ2) is 3.28. The molecule has 0 saturated carbocycles. The van der Waals surface area contributed by atoms with Crippen molar-refractivity contribution in [2.75, 3.05) is 0 Å². The van der Waals surface area contributed by atoms with Crippen molar-refractivity contribution in [3.63, 3.8) is 0 Å². The molecule has 0 aromatic carbocycles. The Balaban J connectivity index is 3.35. The minimum atomic E-state index is -4.49. The molecule has 0 spiro atoms. The van der Waals surface area contributed by atoms with Crippen LogP contribution >= 0.6 is 0 Å². The van der Waals surface area contributed by atoms with Gasteiger partial charge >= 0.3 is 6.18 Å². The van der Waals surface area contributed by atoms with E-state index >= 15 is 0 Å². The maximum absolute atomic E-state index is 12.3. The Morgan fingerprint density at radius 1 is 1.50 bits per heavy atom. The van der Waals surface area contributed by atoms with Gasteiger partial charge in [-0.15, -0.1) is 0 Å². The topological polar surface area (TPSA) is 56.0 Å². The standard InChI is InChI=1S/C8H7F3N2O/c1-4-5(8(9,10)11)2-3-13-6(4)7(12)14/h2-3H,1H3,(H2,12,14). The summed E-state index contributed by atoms with van der Waals surface area (Å²) in [7, 11) is 0. The average Bonchev–Trinajstić information content (AvgIpc) is 2.01. The van der Waals surface area contributed by atoms with E-state index in [4.69, 9.17) is 5.73 Å². The lowest BCUT2D eigenvalue weighted by Crippen LogP contribution is -2.18. The van der Waals surface area contributed by atoms with Crippen molar-refractivity contribution in [1.82, 2.24) is 4.98 Å². The number of halogens is 3. The van der Waals surface area contributed by atoms with Crippen LogP contribution in [0.1, 0.15) is 21.6 Å². The molecule has 3 nitrogen and oxygen atoms in total. The van der Waals surface area contributed by atoms with E-state index in [2.05, 4.69) is 4.98 Å². The number of amides is 1. The molecule has 6 heteroatoms. The van der Waals surface area contributed by atoms with Gasteiger partial charge in [-0.3, -0.25) is 9.78 Å². The Hall–Kier alpha value is -1.59. The fourth-order valence-electron chi connectivity index (χ4n) is 1.09. The van der Waals surface area contributed by atoms with E-state index in [-0.39, 0.29) is 11.3 Å². The smallest absolute Gasteiger partial charge is 0.364 e. The Kier molecular flexibility index (Phi) is 2.46. The van der Waals surface area contributed by atoms with Crippen LogP contribution in [-0.2, 0) is 6.18 Å². The average molecular weight is 204 g/mol. The Morgan fingerprint density at radius 2 is 2.07 bits per heavy atom. The molecule has 0 aliphatic heterocycles. The first-order valence-corrected chi connectivity index (χ1v) is 3.66. The van der Waals surface area contributed by atoms with Crippen molar-refractivity contribution in [1.29, 1.82) is 0 Å². The van der Waals surface area contributed by atoms with E-state index in [9.17, 15) is 18.0 Å². The van der Waals surface area contributed by atoms with E-state index in [1.165, 1.54) is 0 Å². The minimum Gasteiger partial charge on any atom is -0.364 e. The molecular formula is C8H7F3N2O. The van der Waals surface area contributed by atoms with Gasteiger partial charge in [-0.25, -0.2) is 0 Å². The lowest BCUT2D eigenvalue weighted by molar-refractivity contribution is -0.138. The summed E-state index contributed by atoms with van der Waals surface area (Å²) in [6, 6.07) is 0.807. The number of alkyl halides is 3. The van der Waals surface area contributed by atoms with Crippen molar-refractivity contribution < 1.29 is 18.0 Å². The maximum Gasteiger partial charge on any atom is 0.416 e. The Bertz CT molecular complexity index is 373. The number of hydrogen-bond donors (Lipinski definition) is 1. The van der Waals surface area contributed by atoms with E-state index in [0.29, 0.717) is 0 Å². The molecule has 0 saturated heterocycles. The SMILES string of the molecule is Cc1c(C(F)(F)F)ccnc1C(N)=O. The van der Waals surface area contributed by atoms with E-state index in [1.54, 1.807) is 0 Å². The second-order valence-corrected chi connectivity index (χ2v) is 2.69. The van der Waals surface area contributed by atoms with Crippen LogP contribution in [0, 0.1) is 6.92 Å². The summed E-state index contributed by atoms with van der Waals surface area (Å²) in [6.45, 7) is 1.16. The van der Waals surface area contributed by atoms with E-state index in [0.717, 1.165) is 19.2 Å². The molecular weight excluding hydrogens is 197 g/mol. The molecule has 0 bridgehead atoms. The molecule has 0 fully saturated rings. The predicted octanol–water partition coefficient (Wildman–Crippen LogP) is 1.51. The Morgan fingerprint density at radius 3 is 2.50 bits per heavy atom. The van der Waals surface area contributed by atoms with Crippen molar-refractivity contribution in [3.8, 4) is 0 Å². The van der Waals surface area contributed by atoms with E-state index < -0.39 is 17.6 Å². The second-order valence-electron chi connectivity index (χ2n) is 2.69. The van der Waals surface area contributed by atoms with Crippen LogP contribution in [0.3, 0.4) is 0 Å². The maximum atomic E-state index is 12.3. The lowest BCUT2D eigenvalue weighted by Gasteiger charge is -2.10. The molecule has 14 heavy (non-hydrogen) atoms. The molecule has 1 aromatic heterocycles. The van der Waals surface area contributed by atoms with Gasteiger partial charge in [-0.05, 0) is 18.6 Å². The van der Waals surface area contributed by atoms with Gasteiger partial charge in [0.1, 0.15) is 5.69 Å². The highest BCUT2D eigenvalue weighted by atomic mass is 19.4. The third-order valence-corrected chi connectivity index (χ3v) is 1.74. The normalized spacial score (nSPS) is 11.4. The number of primary amides is 1. The van der Waals surface area contributed by atoms with Crippen LogP contribution in [0.2, 0.25) is 0 Å². The zero-order chi connectivity index (χ0) is 10.9. The third-order valence-electron chi connectivity index (χ3n) is 1.74. The molecule has 1 aromatic rings. The molecule has 0 aliphatic carbocycles. The van der Waals surface area contributed by atoms with Crippen LogP contribution in [0.5, 0.6) is 0 Å². The van der Waals surface area contributed by atoms with Gasteiger partial charge in [0.25, 0.3) is 5.91 Å². The monoisotopic (exact) mass is 204 g/mol. The number of nitrogens with two attached hydrogens (primary N) is 1. The summed E-state index contributed by atoms with van der Waals surface area (Å²) in [5, 5.41) is 0. The van der Waals surface area contributed by atoms with Crippen LogP contribution in [-0.4, -0.2) is 10.9 Å². The molecule has 1 amide bonds. The van der Waals surface area contributed by atoms with Gasteiger partial charge in [-0.1, -0.05) is 0 Å². The number of nitrogens with zero attached hydrogens (tertiary/aromatic N) is 1. The first-order chi connectivity index (χ1) is 6.34. The van der Waals surface area contributed by atoms with Crippen molar-refractivity contribution in [2.45, 2.75) is 13.1 Å². The van der Waals surface area contributed by atoms with Crippen molar-refractivity contribution in [2.24, 2.45) is 5.73 Å². The van der Waals surface area contributed by atoms with E-state index in [1.807, 2.05) is 0 Å². The zero-order valence-electron chi connectivity index (χ0n) is 7.22. The van der Waals surface area contributed by atoms with Gasteiger partial charge in [0.15, 0.2) is 0 Å². The molecule has 1 rings (SSSR count). The summed E-state index contributed by atoms with van der Waals surface area (Å²) in [5.41, 5.74) is 3.38. The van der Waals surface area contributed by atoms with Crippen LogP contribution in [0.25, 0.3) is 0 Å². The highest BCUT2D eigenvalue weighted by Crippen LogP contribution is 2.31. The molecule has 0 radical (unpaired) electrons. The fourth-order valence-corrected chi connectivity index (χ4v) is 1.09. The highest BCUT2D eigenvalue weighted by molar-refractivity contribution is 5.92. The largest absolute Gasteiger partial charge is 0.416 e. The van der Waals surface area contributed by atoms with Gasteiger partial charge < -0.3 is 5.73 Å². The van der Waals surface area contributed by atoms with Crippen LogP contribution in [0.15, 0.2) is 12.3 Å². The molecule has 0 atom stereocenters. The number of pyridine rings is 1. The number of carbonyl (C=O) groups is 1. The number of carbonyl (C=O) groups excluding carboxylic acids is 1. The predicted molar refractivity (Wildman–Crippen MR) is 42.5 cm³/mol. The quantitative estimate of drug-likeness (QED) is 0.753. The third kappa shape index (κ3) is 1.84. The van der Waals surface area contributed by atoms with Gasteiger partial charge in [0, 0.05) is 6.20 Å². The molecule has 76 valence electrons. The summed E-state index contributed by atoms with van der Waals surface area (Å²) in [5.74, 6) is -0.964. The first kappa shape index (κ1) is 10.5. The summed E-state index contributed by atoms with van der Waals surface area (Å²) < 4.78 is 36.9. The van der Waals surface area contributed by atoms with Crippen LogP contribution < -0.4 is 5.73 Å². The number of hydrogen-bond acceptors (Lipinski definition) is 2. The molecule has 0 aliphatic rings. The zero-order valence-corrected chi connectivity index (χ0v) is 7.22. The number of aromatic nitrogens is 1. The van der Waals surface area contributed by atoms with Gasteiger partial charge in [-0.2, -0.15) is 13.2 Å². The summed E-state index contributed by atoms with van der Waals surface area (Å²) >= 11 is 0. The number of rotatable bonds is 1. The van der Waals surface area contributed by atoms with Crippen LogP contribution in [0.4, 0.5) is 13.2 Å². The molecule has 2 N–H and O–H groups in total. The summed E-state index contributed by atoms with van der Waals surface area (Å²) in [6.07, 6.45) is -3.58. The highest BCUT2D eigenvalue weighted by Gasteiger charge is 2.33. The first-order valence-electron chi connectivity index (χ1n) is 3.66. The van der Waals surface area contributed by atoms with Crippen molar-refractivity contribution in [3.05, 3.63) is 29.1 Å². The minimum absolute atomic E-state index is 0.243. The molecule has 1 heterocycles. The summed E-state index contributed by atoms with van der Waals surface area (Å²) in [4.78, 5) is 14.2. The Labute approximate surface area is 77.7 Å². The van der Waals surface area contributed by atoms with Crippen molar-refractivity contribution >= 4 is 5.91 Å².